The summed E-state index contributed by atoms with van der Waals surface area (Å²) in [5.41, 5.74) is 2.16. The van der Waals surface area contributed by atoms with E-state index in [4.69, 9.17) is 9.47 Å². The van der Waals surface area contributed by atoms with E-state index in [9.17, 15) is 9.59 Å². The van der Waals surface area contributed by atoms with Crippen molar-refractivity contribution < 1.29 is 19.1 Å². The minimum atomic E-state index is -1.05. The number of carbonyl (C=O) groups is 2. The van der Waals surface area contributed by atoms with Crippen LogP contribution in [0.2, 0.25) is 0 Å². The van der Waals surface area contributed by atoms with Crippen molar-refractivity contribution in [1.82, 2.24) is 9.88 Å². The first-order valence-corrected chi connectivity index (χ1v) is 9.01. The molecule has 1 aromatic carbocycles. The van der Waals surface area contributed by atoms with Gasteiger partial charge >= 0.3 is 5.97 Å². The fraction of sp³-hybridized carbons (Fsp3) is 0.429. The number of hydrogen-bond donors (Lipinski definition) is 1. The molecular formula is C21H28N2O4. The molecule has 2 aromatic rings. The maximum absolute atomic E-state index is 12.9. The van der Waals surface area contributed by atoms with Crippen molar-refractivity contribution in [3.63, 3.8) is 0 Å². The number of nitrogens with zero attached hydrogens (tertiary/aromatic N) is 1. The molecule has 6 nitrogen and oxygen atoms in total. The highest BCUT2D eigenvalue weighted by Crippen LogP contribution is 2.24. The summed E-state index contributed by atoms with van der Waals surface area (Å²) in [5, 5.41) is 2.87. The van der Waals surface area contributed by atoms with Gasteiger partial charge in [-0.25, -0.2) is 4.79 Å². The lowest BCUT2D eigenvalue weighted by Gasteiger charge is -2.27. The van der Waals surface area contributed by atoms with Gasteiger partial charge in [0.15, 0.2) is 0 Å². The van der Waals surface area contributed by atoms with E-state index in [1.165, 1.54) is 7.11 Å². The van der Waals surface area contributed by atoms with Crippen LogP contribution < -0.4 is 10.1 Å². The summed E-state index contributed by atoms with van der Waals surface area (Å²) in [5.74, 6) is 0.0402. The van der Waals surface area contributed by atoms with Gasteiger partial charge in [0.25, 0.3) is 5.91 Å². The zero-order valence-corrected chi connectivity index (χ0v) is 16.9. The normalized spacial score (nSPS) is 13.0. The van der Waals surface area contributed by atoms with Crippen molar-refractivity contribution in [3.05, 3.63) is 47.3 Å². The maximum atomic E-state index is 12.9. The fourth-order valence-corrected chi connectivity index (χ4v) is 3.38. The summed E-state index contributed by atoms with van der Waals surface area (Å²) in [6, 6.07) is 9.47. The number of rotatable bonds is 7. The highest BCUT2D eigenvalue weighted by molar-refractivity contribution is 5.99. The van der Waals surface area contributed by atoms with Crippen LogP contribution in [-0.2, 0) is 9.53 Å². The predicted octanol–water partition coefficient (Wildman–Crippen LogP) is 3.56. The van der Waals surface area contributed by atoms with Crippen LogP contribution in [-0.4, -0.2) is 36.2 Å². The number of benzene rings is 1. The number of amides is 1. The molecule has 0 spiro atoms. The van der Waals surface area contributed by atoms with E-state index in [0.717, 1.165) is 29.2 Å². The van der Waals surface area contributed by atoms with Gasteiger partial charge in [0.1, 0.15) is 11.3 Å². The summed E-state index contributed by atoms with van der Waals surface area (Å²) >= 11 is 0. The number of nitrogens with one attached hydrogen (secondary N) is 1. The number of aryl methyl sites for hydroxylation is 1. The molecule has 2 rings (SSSR count). The Morgan fingerprint density at radius 2 is 1.78 bits per heavy atom. The first-order chi connectivity index (χ1) is 12.8. The van der Waals surface area contributed by atoms with E-state index in [1.807, 2.05) is 55.7 Å². The minimum absolute atomic E-state index is 0.288. The Kier molecular flexibility index (Phi) is 6.31. The van der Waals surface area contributed by atoms with E-state index in [-0.39, 0.29) is 5.91 Å². The summed E-state index contributed by atoms with van der Waals surface area (Å²) in [6.45, 7) is 7.49. The van der Waals surface area contributed by atoms with Crippen LogP contribution in [0.25, 0.3) is 5.69 Å². The van der Waals surface area contributed by atoms with Gasteiger partial charge in [0.05, 0.1) is 19.8 Å². The zero-order valence-electron chi connectivity index (χ0n) is 16.9. The third-order valence-corrected chi connectivity index (χ3v) is 4.78. The Labute approximate surface area is 160 Å². The van der Waals surface area contributed by atoms with E-state index < -0.39 is 11.5 Å². The number of methoxy groups -OCH3 is 2. The predicted molar refractivity (Wildman–Crippen MR) is 105 cm³/mol. The first kappa shape index (κ1) is 20.6. The number of hydrogen-bond acceptors (Lipinski definition) is 4. The number of ether oxygens (including phenoxy) is 2. The van der Waals surface area contributed by atoms with Crippen molar-refractivity contribution >= 4 is 11.9 Å². The maximum Gasteiger partial charge on any atom is 0.331 e. The first-order valence-electron chi connectivity index (χ1n) is 9.01. The van der Waals surface area contributed by atoms with Gasteiger partial charge in [-0.1, -0.05) is 13.3 Å². The zero-order chi connectivity index (χ0) is 20.2. The van der Waals surface area contributed by atoms with E-state index in [2.05, 4.69) is 5.32 Å². The van der Waals surface area contributed by atoms with Gasteiger partial charge in [-0.15, -0.1) is 0 Å². The molecule has 0 radical (unpaired) electrons. The van der Waals surface area contributed by atoms with Crippen LogP contribution in [0.3, 0.4) is 0 Å². The van der Waals surface area contributed by atoms with E-state index in [1.54, 1.807) is 14.0 Å². The SMILES string of the molecule is CCCC(C)(NC(=O)c1cc(C)n(-c2ccc(OC)cc2)c1C)C(=O)OC. The third kappa shape index (κ3) is 4.15. The van der Waals surface area contributed by atoms with Crippen LogP contribution >= 0.6 is 0 Å². The number of carbonyl (C=O) groups excluding carboxylic acids is 2. The van der Waals surface area contributed by atoms with Crippen molar-refractivity contribution in [1.29, 1.82) is 0 Å². The molecule has 27 heavy (non-hydrogen) atoms. The molecule has 1 unspecified atom stereocenters. The van der Waals surface area contributed by atoms with Crippen LogP contribution in [0.5, 0.6) is 5.75 Å². The number of esters is 1. The summed E-state index contributed by atoms with van der Waals surface area (Å²) in [7, 11) is 2.95. The molecule has 1 N–H and O–H groups in total. The largest absolute Gasteiger partial charge is 0.497 e. The minimum Gasteiger partial charge on any atom is -0.497 e. The van der Waals surface area contributed by atoms with Crippen molar-refractivity contribution in [2.75, 3.05) is 14.2 Å². The van der Waals surface area contributed by atoms with Gasteiger partial charge in [-0.3, -0.25) is 4.79 Å². The Hall–Kier alpha value is -2.76. The van der Waals surface area contributed by atoms with Crippen molar-refractivity contribution in [3.8, 4) is 11.4 Å². The molecule has 0 saturated carbocycles. The van der Waals surface area contributed by atoms with Crippen molar-refractivity contribution in [2.24, 2.45) is 0 Å². The number of aromatic nitrogens is 1. The summed E-state index contributed by atoms with van der Waals surface area (Å²) < 4.78 is 12.1. The van der Waals surface area contributed by atoms with Gasteiger partial charge < -0.3 is 19.4 Å². The van der Waals surface area contributed by atoms with Crippen LogP contribution in [0.15, 0.2) is 30.3 Å². The molecule has 0 aliphatic heterocycles. The average Bonchev–Trinajstić information content (AvgIpc) is 2.95. The second-order valence-electron chi connectivity index (χ2n) is 6.85. The van der Waals surface area contributed by atoms with Crippen LogP contribution in [0.4, 0.5) is 0 Å². The molecule has 0 aliphatic rings. The molecule has 0 bridgehead atoms. The average molecular weight is 372 g/mol. The molecular weight excluding hydrogens is 344 g/mol. The molecule has 1 aromatic heterocycles. The molecule has 1 amide bonds. The molecule has 1 atom stereocenters. The van der Waals surface area contributed by atoms with E-state index in [0.29, 0.717) is 12.0 Å². The second-order valence-corrected chi connectivity index (χ2v) is 6.85. The smallest absolute Gasteiger partial charge is 0.331 e. The lowest BCUT2D eigenvalue weighted by Crippen LogP contribution is -2.52. The highest BCUT2D eigenvalue weighted by Gasteiger charge is 2.36. The Morgan fingerprint density at radius 3 is 2.30 bits per heavy atom. The van der Waals surface area contributed by atoms with Crippen LogP contribution in [0.1, 0.15) is 48.4 Å². The standard InChI is InChI=1S/C21H28N2O4/c1-7-12-21(4,20(25)27-6)22-19(24)18-13-14(2)23(15(18)3)16-8-10-17(26-5)11-9-16/h8-11,13H,7,12H2,1-6H3,(H,22,24). The third-order valence-electron chi connectivity index (χ3n) is 4.78. The highest BCUT2D eigenvalue weighted by atomic mass is 16.5. The van der Waals surface area contributed by atoms with Gasteiger partial charge in [-0.05, 0) is 57.5 Å². The second kappa shape index (κ2) is 8.29. The topological polar surface area (TPSA) is 69.6 Å². The summed E-state index contributed by atoms with van der Waals surface area (Å²) in [6.07, 6.45) is 1.25. The Balaban J connectivity index is 2.36. The molecule has 0 saturated heterocycles. The molecule has 6 heteroatoms. The quantitative estimate of drug-likeness (QED) is 0.755. The molecule has 0 fully saturated rings. The fourth-order valence-electron chi connectivity index (χ4n) is 3.38. The molecule has 1 heterocycles. The lowest BCUT2D eigenvalue weighted by atomic mass is 9.95. The molecule has 146 valence electrons. The van der Waals surface area contributed by atoms with Gasteiger partial charge in [0.2, 0.25) is 0 Å². The van der Waals surface area contributed by atoms with Crippen LogP contribution in [0, 0.1) is 13.8 Å². The van der Waals surface area contributed by atoms with Gasteiger partial charge in [0, 0.05) is 17.1 Å². The monoisotopic (exact) mass is 372 g/mol. The summed E-state index contributed by atoms with van der Waals surface area (Å²) in [4.78, 5) is 25.1. The van der Waals surface area contributed by atoms with Gasteiger partial charge in [-0.2, -0.15) is 0 Å². The Morgan fingerprint density at radius 1 is 1.15 bits per heavy atom. The van der Waals surface area contributed by atoms with E-state index >= 15 is 0 Å². The molecule has 0 aliphatic carbocycles. The van der Waals surface area contributed by atoms with Crippen molar-refractivity contribution in [2.45, 2.75) is 46.1 Å². The Bertz CT molecular complexity index is 823. The lowest BCUT2D eigenvalue weighted by molar-refractivity contribution is -0.147.